The van der Waals surface area contributed by atoms with Gasteiger partial charge in [0.2, 0.25) is 10.0 Å². The summed E-state index contributed by atoms with van der Waals surface area (Å²) in [5.41, 5.74) is 0. The van der Waals surface area contributed by atoms with E-state index in [1.807, 2.05) is 17.8 Å². The molecule has 3 rings (SSSR count). The summed E-state index contributed by atoms with van der Waals surface area (Å²) in [7, 11) is -0.636. The second-order valence-electron chi connectivity index (χ2n) is 5.58. The molecule has 0 bridgehead atoms. The number of hydrogen-bond acceptors (Lipinski definition) is 6. The molecule has 1 aliphatic heterocycles. The van der Waals surface area contributed by atoms with Crippen LogP contribution in [0.3, 0.4) is 0 Å². The number of thiophene rings is 1. The zero-order valence-corrected chi connectivity index (χ0v) is 16.6. The number of benzene rings is 1. The van der Waals surface area contributed by atoms with Crippen molar-refractivity contribution in [1.82, 2.24) is 4.31 Å². The highest BCUT2D eigenvalue weighted by atomic mass is 32.2. The van der Waals surface area contributed by atoms with Crippen LogP contribution in [0.5, 0.6) is 11.5 Å². The maximum Gasteiger partial charge on any atom is 0.246 e. The van der Waals surface area contributed by atoms with E-state index in [-0.39, 0.29) is 4.90 Å². The standard InChI is InChI=1S/C17H21NO4S3/c1-21-13-5-6-14(22-2)17(12-13)25(19,20)18-8-7-16(24-11-9-18)15-4-3-10-23-15/h3-6,10,12,16H,7-9,11H2,1-2H3. The van der Waals surface area contributed by atoms with Crippen LogP contribution in [-0.4, -0.2) is 45.8 Å². The number of nitrogens with zero attached hydrogens (tertiary/aromatic N) is 1. The van der Waals surface area contributed by atoms with Gasteiger partial charge in [0.1, 0.15) is 16.4 Å². The van der Waals surface area contributed by atoms with Gasteiger partial charge in [-0.2, -0.15) is 16.1 Å². The number of rotatable bonds is 5. The minimum Gasteiger partial charge on any atom is -0.497 e. The highest BCUT2D eigenvalue weighted by Crippen LogP contribution is 2.38. The Bertz CT molecular complexity index is 805. The van der Waals surface area contributed by atoms with Gasteiger partial charge in [-0.05, 0) is 30.0 Å². The van der Waals surface area contributed by atoms with Crippen molar-refractivity contribution < 1.29 is 17.9 Å². The van der Waals surface area contributed by atoms with E-state index in [0.29, 0.717) is 29.8 Å². The fourth-order valence-corrected chi connectivity index (χ4v) is 6.80. The monoisotopic (exact) mass is 399 g/mol. The van der Waals surface area contributed by atoms with Crippen molar-refractivity contribution in [2.75, 3.05) is 33.1 Å². The second kappa shape index (κ2) is 7.99. The van der Waals surface area contributed by atoms with Crippen LogP contribution in [0, 0.1) is 0 Å². The first-order valence-electron chi connectivity index (χ1n) is 7.93. The molecule has 1 atom stereocenters. The molecule has 1 fully saturated rings. The molecule has 5 nitrogen and oxygen atoms in total. The topological polar surface area (TPSA) is 55.8 Å². The molecule has 1 saturated heterocycles. The van der Waals surface area contributed by atoms with Crippen molar-refractivity contribution in [2.45, 2.75) is 16.6 Å². The Balaban J connectivity index is 1.85. The molecular weight excluding hydrogens is 378 g/mol. The Hall–Kier alpha value is -1.22. The fourth-order valence-electron chi connectivity index (χ4n) is 2.82. The maximum absolute atomic E-state index is 13.2. The van der Waals surface area contributed by atoms with Gasteiger partial charge in [-0.15, -0.1) is 11.3 Å². The lowest BCUT2D eigenvalue weighted by Gasteiger charge is -2.21. The van der Waals surface area contributed by atoms with Crippen LogP contribution in [0.25, 0.3) is 0 Å². The maximum atomic E-state index is 13.2. The Morgan fingerprint density at radius 2 is 2.00 bits per heavy atom. The van der Waals surface area contributed by atoms with Gasteiger partial charge >= 0.3 is 0 Å². The summed E-state index contributed by atoms with van der Waals surface area (Å²) in [6.45, 7) is 0.994. The first-order valence-corrected chi connectivity index (χ1v) is 11.3. The van der Waals surface area contributed by atoms with Crippen molar-refractivity contribution in [3.8, 4) is 11.5 Å². The minimum atomic E-state index is -3.63. The van der Waals surface area contributed by atoms with Crippen molar-refractivity contribution in [1.29, 1.82) is 0 Å². The molecule has 0 N–H and O–H groups in total. The average molecular weight is 400 g/mol. The van der Waals surface area contributed by atoms with E-state index in [4.69, 9.17) is 9.47 Å². The van der Waals surface area contributed by atoms with E-state index in [1.54, 1.807) is 27.8 Å². The molecule has 0 amide bonds. The first kappa shape index (κ1) is 18.6. The second-order valence-corrected chi connectivity index (χ2v) is 9.78. The van der Waals surface area contributed by atoms with E-state index < -0.39 is 10.0 Å². The number of ether oxygens (including phenoxy) is 2. The molecule has 2 heterocycles. The summed E-state index contributed by atoms with van der Waals surface area (Å²) >= 11 is 3.55. The van der Waals surface area contributed by atoms with Crippen LogP contribution >= 0.6 is 23.1 Å². The van der Waals surface area contributed by atoms with Gasteiger partial charge in [-0.3, -0.25) is 0 Å². The molecule has 1 aliphatic rings. The molecule has 0 spiro atoms. The summed E-state index contributed by atoms with van der Waals surface area (Å²) in [5, 5.41) is 2.42. The summed E-state index contributed by atoms with van der Waals surface area (Å²) in [6, 6.07) is 9.03. The number of methoxy groups -OCH3 is 2. The Morgan fingerprint density at radius 3 is 2.68 bits per heavy atom. The normalized spacial score (nSPS) is 19.4. The number of sulfonamides is 1. The molecule has 1 aromatic heterocycles. The van der Waals surface area contributed by atoms with E-state index in [0.717, 1.165) is 12.2 Å². The van der Waals surface area contributed by atoms with Crippen LogP contribution in [0.15, 0.2) is 40.6 Å². The average Bonchev–Trinajstić information content (AvgIpc) is 3.05. The Labute approximate surface area is 157 Å². The van der Waals surface area contributed by atoms with Gasteiger partial charge in [0.25, 0.3) is 0 Å². The lowest BCUT2D eigenvalue weighted by atomic mass is 10.2. The molecule has 136 valence electrons. The van der Waals surface area contributed by atoms with E-state index in [1.165, 1.54) is 25.2 Å². The van der Waals surface area contributed by atoms with Gasteiger partial charge in [-0.25, -0.2) is 8.42 Å². The van der Waals surface area contributed by atoms with Crippen LogP contribution in [-0.2, 0) is 10.0 Å². The lowest BCUT2D eigenvalue weighted by molar-refractivity contribution is 0.384. The third kappa shape index (κ3) is 3.97. The molecule has 0 saturated carbocycles. The molecule has 0 radical (unpaired) electrons. The molecule has 1 unspecified atom stereocenters. The predicted molar refractivity (Wildman–Crippen MR) is 102 cm³/mol. The smallest absolute Gasteiger partial charge is 0.246 e. The van der Waals surface area contributed by atoms with E-state index >= 15 is 0 Å². The lowest BCUT2D eigenvalue weighted by Crippen LogP contribution is -2.33. The van der Waals surface area contributed by atoms with Crippen LogP contribution < -0.4 is 9.47 Å². The summed E-state index contributed by atoms with van der Waals surface area (Å²) in [4.78, 5) is 1.47. The largest absolute Gasteiger partial charge is 0.497 e. The highest BCUT2D eigenvalue weighted by Gasteiger charge is 2.31. The summed E-state index contributed by atoms with van der Waals surface area (Å²) in [6.07, 6.45) is 0.802. The van der Waals surface area contributed by atoms with Crippen molar-refractivity contribution in [2.24, 2.45) is 0 Å². The molecule has 0 aliphatic carbocycles. The molecule has 2 aromatic rings. The quantitative estimate of drug-likeness (QED) is 0.768. The van der Waals surface area contributed by atoms with Gasteiger partial charge in [-0.1, -0.05) is 6.07 Å². The minimum absolute atomic E-state index is 0.161. The van der Waals surface area contributed by atoms with Gasteiger partial charge in [0, 0.05) is 35.0 Å². The fraction of sp³-hybridized carbons (Fsp3) is 0.412. The molecule has 25 heavy (non-hydrogen) atoms. The van der Waals surface area contributed by atoms with Gasteiger partial charge in [0.15, 0.2) is 0 Å². The zero-order valence-electron chi connectivity index (χ0n) is 14.2. The SMILES string of the molecule is COc1ccc(OC)c(S(=O)(=O)N2CCSC(c3cccs3)CC2)c1. The molecule has 8 heteroatoms. The first-order chi connectivity index (χ1) is 12.1. The summed E-state index contributed by atoms with van der Waals surface area (Å²) < 4.78 is 38.3. The van der Waals surface area contributed by atoms with Crippen LogP contribution in [0.1, 0.15) is 16.5 Å². The van der Waals surface area contributed by atoms with E-state index in [2.05, 4.69) is 11.4 Å². The van der Waals surface area contributed by atoms with Crippen molar-refractivity contribution in [3.05, 3.63) is 40.6 Å². The third-order valence-corrected chi connectivity index (χ3v) is 8.51. The summed E-state index contributed by atoms with van der Waals surface area (Å²) in [5.74, 6) is 1.61. The predicted octanol–water partition coefficient (Wildman–Crippen LogP) is 3.63. The van der Waals surface area contributed by atoms with Gasteiger partial charge < -0.3 is 9.47 Å². The van der Waals surface area contributed by atoms with Crippen LogP contribution in [0.4, 0.5) is 0 Å². The van der Waals surface area contributed by atoms with Gasteiger partial charge in [0.05, 0.1) is 14.2 Å². The van der Waals surface area contributed by atoms with Crippen LogP contribution in [0.2, 0.25) is 0 Å². The molecule has 1 aromatic carbocycles. The van der Waals surface area contributed by atoms with Crippen molar-refractivity contribution >= 4 is 33.1 Å². The zero-order chi connectivity index (χ0) is 17.9. The Kier molecular flexibility index (Phi) is 5.93. The van der Waals surface area contributed by atoms with Crippen molar-refractivity contribution in [3.63, 3.8) is 0 Å². The Morgan fingerprint density at radius 1 is 1.16 bits per heavy atom. The number of hydrogen-bond donors (Lipinski definition) is 0. The number of thioether (sulfide) groups is 1. The third-order valence-electron chi connectivity index (χ3n) is 4.15. The molecular formula is C17H21NO4S3. The highest BCUT2D eigenvalue weighted by molar-refractivity contribution is 7.99. The van der Waals surface area contributed by atoms with E-state index in [9.17, 15) is 8.42 Å².